The lowest BCUT2D eigenvalue weighted by molar-refractivity contribution is 0.0931. The van der Waals surface area contributed by atoms with Crippen LogP contribution in [0.1, 0.15) is 72.6 Å². The maximum absolute atomic E-state index is 13.5. The highest BCUT2D eigenvalue weighted by Gasteiger charge is 2.33. The third-order valence-electron chi connectivity index (χ3n) is 4.65. The molecule has 118 valence electrons. The van der Waals surface area contributed by atoms with E-state index in [9.17, 15) is 4.39 Å². The fraction of sp³-hybridized carbons (Fsp3) is 1.00. The smallest absolute Gasteiger partial charge is 0.101 e. The predicted octanol–water partition coefficient (Wildman–Crippen LogP) is 3.96. The van der Waals surface area contributed by atoms with Crippen molar-refractivity contribution in [3.63, 3.8) is 0 Å². The average molecular weight is 278 g/mol. The van der Waals surface area contributed by atoms with Crippen molar-refractivity contribution in [1.29, 1.82) is 0 Å². The molecule has 0 amide bonds. The lowest BCUT2D eigenvalue weighted by Gasteiger charge is -2.38. The highest BCUT2D eigenvalue weighted by molar-refractivity contribution is 4.83. The van der Waals surface area contributed by atoms with E-state index < -0.39 is 6.17 Å². The van der Waals surface area contributed by atoms with E-state index in [4.69, 9.17) is 0 Å². The molecular weight excluding hydrogens is 243 g/mol. The van der Waals surface area contributed by atoms with E-state index in [1.165, 1.54) is 32.1 Å². The van der Waals surface area contributed by atoms with Gasteiger partial charge in [0.2, 0.25) is 0 Å². The van der Waals surface area contributed by atoms with Crippen LogP contribution in [0.4, 0.5) is 4.39 Å². The molecule has 0 radical (unpaired) electrons. The van der Waals surface area contributed by atoms with Gasteiger partial charge in [-0.15, -0.1) is 0 Å². The van der Waals surface area contributed by atoms with E-state index in [1.54, 1.807) is 0 Å². The van der Waals surface area contributed by atoms with Gasteiger partial charge >= 0.3 is 0 Å². The van der Waals surface area contributed by atoms with Gasteiger partial charge in [0.15, 0.2) is 0 Å². The molecule has 2 rings (SSSR count). The lowest BCUT2D eigenvalue weighted by Crippen LogP contribution is -2.29. The predicted molar refractivity (Wildman–Crippen MR) is 81.1 cm³/mol. The van der Waals surface area contributed by atoms with Crippen molar-refractivity contribution in [2.75, 3.05) is 0 Å². The van der Waals surface area contributed by atoms with Crippen LogP contribution in [0.25, 0.3) is 0 Å². The summed E-state index contributed by atoms with van der Waals surface area (Å²) in [5.74, 6) is 3.10. The minimum atomic E-state index is -0.502. The van der Waals surface area contributed by atoms with Crippen LogP contribution in [0.3, 0.4) is 0 Å². The molecule has 0 bridgehead atoms. The van der Waals surface area contributed by atoms with Crippen molar-refractivity contribution in [1.82, 2.24) is 0 Å². The van der Waals surface area contributed by atoms with Crippen molar-refractivity contribution in [2.45, 2.75) is 78.8 Å². The first-order valence-corrected chi connectivity index (χ1v) is 7.79. The third kappa shape index (κ3) is 6.71. The van der Waals surface area contributed by atoms with E-state index in [0.29, 0.717) is 11.8 Å². The number of hydrogen-bond donors (Lipinski definition) is 0. The van der Waals surface area contributed by atoms with Gasteiger partial charge in [0.25, 0.3) is 0 Å². The Kier molecular flexibility index (Phi) is 11.8. The Balaban J connectivity index is 0. The third-order valence-corrected chi connectivity index (χ3v) is 4.65. The van der Waals surface area contributed by atoms with Gasteiger partial charge in [0.05, 0.1) is 0 Å². The van der Waals surface area contributed by atoms with Crippen LogP contribution in [-0.4, -0.2) is 17.1 Å². The Morgan fingerprint density at radius 3 is 1.68 bits per heavy atom. The molecule has 0 heterocycles. The van der Waals surface area contributed by atoms with Crippen molar-refractivity contribution in [3.8, 4) is 0 Å². The summed E-state index contributed by atoms with van der Waals surface area (Å²) in [6.45, 7) is 8.59. The molecular formula is C16H35FO2. The molecule has 2 aliphatic rings. The summed E-state index contributed by atoms with van der Waals surface area (Å²) in [5.41, 5.74) is 0. The minimum Gasteiger partial charge on any atom is -0.412 e. The Morgan fingerprint density at radius 2 is 1.21 bits per heavy atom. The maximum Gasteiger partial charge on any atom is 0.101 e. The van der Waals surface area contributed by atoms with E-state index in [-0.39, 0.29) is 11.0 Å². The van der Waals surface area contributed by atoms with Crippen molar-refractivity contribution >= 4 is 0 Å². The number of alkyl halides is 1. The number of halogens is 1. The van der Waals surface area contributed by atoms with Crippen molar-refractivity contribution in [3.05, 3.63) is 0 Å². The largest absolute Gasteiger partial charge is 0.412 e. The molecule has 3 unspecified atom stereocenters. The average Bonchev–Trinajstić information content (AvgIpc) is 2.31. The molecule has 3 heteroatoms. The zero-order chi connectivity index (χ0) is 12.8. The van der Waals surface area contributed by atoms with Gasteiger partial charge in [0.1, 0.15) is 6.17 Å². The van der Waals surface area contributed by atoms with E-state index in [1.807, 2.05) is 13.8 Å². The van der Waals surface area contributed by atoms with Gasteiger partial charge in [-0.05, 0) is 55.8 Å². The standard InChI is InChI=1S/C14H25F.C2H6.2H2O/c1-10-3-5-12(6-4-10)13-7-11(2)8-14(15)9-13;1-2;;/h10-14H,3-9H2,1-2H3;1-2H3;2*1H2. The summed E-state index contributed by atoms with van der Waals surface area (Å²) >= 11 is 0. The van der Waals surface area contributed by atoms with Gasteiger partial charge in [-0.25, -0.2) is 4.39 Å². The normalized spacial score (nSPS) is 38.1. The summed E-state index contributed by atoms with van der Waals surface area (Å²) in [5, 5.41) is 0. The molecule has 3 atom stereocenters. The second-order valence-electron chi connectivity index (χ2n) is 6.19. The Labute approximate surface area is 118 Å². The summed E-state index contributed by atoms with van der Waals surface area (Å²) < 4.78 is 13.5. The molecule has 2 fully saturated rings. The van der Waals surface area contributed by atoms with Crippen LogP contribution < -0.4 is 0 Å². The second-order valence-corrected chi connectivity index (χ2v) is 6.19. The number of hydrogen-bond acceptors (Lipinski definition) is 0. The van der Waals surface area contributed by atoms with Gasteiger partial charge in [0, 0.05) is 0 Å². The molecule has 4 N–H and O–H groups in total. The van der Waals surface area contributed by atoms with Gasteiger partial charge in [-0.2, -0.15) is 0 Å². The van der Waals surface area contributed by atoms with E-state index in [2.05, 4.69) is 13.8 Å². The highest BCUT2D eigenvalue weighted by Crippen LogP contribution is 2.42. The molecule has 0 saturated heterocycles. The summed E-state index contributed by atoms with van der Waals surface area (Å²) in [4.78, 5) is 0. The van der Waals surface area contributed by atoms with E-state index in [0.717, 1.165) is 24.7 Å². The topological polar surface area (TPSA) is 63.0 Å². The van der Waals surface area contributed by atoms with Crippen LogP contribution in [0.5, 0.6) is 0 Å². The zero-order valence-electron chi connectivity index (χ0n) is 13.2. The van der Waals surface area contributed by atoms with Gasteiger partial charge in [-0.3, -0.25) is 0 Å². The highest BCUT2D eigenvalue weighted by atomic mass is 19.1. The summed E-state index contributed by atoms with van der Waals surface area (Å²) in [7, 11) is 0. The molecule has 19 heavy (non-hydrogen) atoms. The quantitative estimate of drug-likeness (QED) is 0.697. The second kappa shape index (κ2) is 10.6. The molecule has 2 nitrogen and oxygen atoms in total. The van der Waals surface area contributed by atoms with Crippen LogP contribution in [-0.2, 0) is 0 Å². The molecule has 0 spiro atoms. The fourth-order valence-electron chi connectivity index (χ4n) is 3.71. The van der Waals surface area contributed by atoms with Crippen LogP contribution >= 0.6 is 0 Å². The molecule has 0 aromatic heterocycles. The first kappa shape index (κ1) is 21.2. The minimum absolute atomic E-state index is 0. The Morgan fingerprint density at radius 1 is 0.684 bits per heavy atom. The fourth-order valence-corrected chi connectivity index (χ4v) is 3.71. The monoisotopic (exact) mass is 278 g/mol. The molecule has 0 aromatic carbocycles. The van der Waals surface area contributed by atoms with Crippen molar-refractivity contribution in [2.24, 2.45) is 23.7 Å². The first-order chi connectivity index (χ1) is 8.15. The van der Waals surface area contributed by atoms with Crippen molar-refractivity contribution < 1.29 is 15.3 Å². The Hall–Kier alpha value is -0.150. The molecule has 2 saturated carbocycles. The van der Waals surface area contributed by atoms with Crippen LogP contribution in [0, 0.1) is 23.7 Å². The summed E-state index contributed by atoms with van der Waals surface area (Å²) in [6, 6.07) is 0. The number of rotatable bonds is 1. The SMILES string of the molecule is CC.CC1CCC(C2CC(C)CC(F)C2)CC1.O.O. The summed E-state index contributed by atoms with van der Waals surface area (Å²) in [6.07, 6.45) is 7.97. The first-order valence-electron chi connectivity index (χ1n) is 7.79. The van der Waals surface area contributed by atoms with Gasteiger partial charge in [-0.1, -0.05) is 40.5 Å². The Bertz CT molecular complexity index is 193. The van der Waals surface area contributed by atoms with Gasteiger partial charge < -0.3 is 11.0 Å². The van der Waals surface area contributed by atoms with Crippen LogP contribution in [0.15, 0.2) is 0 Å². The van der Waals surface area contributed by atoms with E-state index >= 15 is 0 Å². The lowest BCUT2D eigenvalue weighted by atomic mass is 9.69. The molecule has 2 aliphatic carbocycles. The maximum atomic E-state index is 13.5. The van der Waals surface area contributed by atoms with Crippen LogP contribution in [0.2, 0.25) is 0 Å². The molecule has 0 aromatic rings. The molecule has 0 aliphatic heterocycles. The zero-order valence-corrected chi connectivity index (χ0v) is 13.2.